The molecule has 2 fully saturated rings. The summed E-state index contributed by atoms with van der Waals surface area (Å²) in [6.45, 7) is 4.45. The second-order valence-electron chi connectivity index (χ2n) is 5.32. The van der Waals surface area contributed by atoms with E-state index in [0.29, 0.717) is 19.5 Å². The molecule has 0 bridgehead atoms. The Kier molecular flexibility index (Phi) is 5.15. The number of carbonyl (C=O) groups excluding carboxylic acids is 1. The number of amides is 1. The molecule has 6 heteroatoms. The van der Waals surface area contributed by atoms with Crippen LogP contribution in [0.2, 0.25) is 0 Å². The van der Waals surface area contributed by atoms with Crippen LogP contribution in [-0.2, 0) is 9.59 Å². The summed E-state index contributed by atoms with van der Waals surface area (Å²) in [5.41, 5.74) is 0. The summed E-state index contributed by atoms with van der Waals surface area (Å²) in [6.07, 6.45) is 3.41. The van der Waals surface area contributed by atoms with Crippen molar-refractivity contribution in [3.05, 3.63) is 0 Å². The normalized spacial score (nSPS) is 25.9. The zero-order chi connectivity index (χ0) is 13.7. The predicted molar refractivity (Wildman–Crippen MR) is 70.9 cm³/mol. The van der Waals surface area contributed by atoms with Gasteiger partial charge in [0.05, 0.1) is 6.54 Å². The van der Waals surface area contributed by atoms with E-state index in [1.807, 2.05) is 0 Å². The third kappa shape index (κ3) is 3.91. The molecule has 0 spiro atoms. The fraction of sp³-hybridized carbons (Fsp3) is 0.846. The summed E-state index contributed by atoms with van der Waals surface area (Å²) < 4.78 is 0. The molecule has 1 unspecified atom stereocenters. The van der Waals surface area contributed by atoms with Crippen LogP contribution in [0.15, 0.2) is 0 Å². The van der Waals surface area contributed by atoms with Gasteiger partial charge in [0.1, 0.15) is 6.04 Å². The Morgan fingerprint density at radius 1 is 1.11 bits per heavy atom. The lowest BCUT2D eigenvalue weighted by atomic mass is 10.1. The van der Waals surface area contributed by atoms with E-state index < -0.39 is 12.0 Å². The number of aliphatic carboxylic acids is 1. The van der Waals surface area contributed by atoms with Crippen LogP contribution in [0.5, 0.6) is 0 Å². The van der Waals surface area contributed by atoms with Crippen molar-refractivity contribution in [2.45, 2.75) is 31.7 Å². The van der Waals surface area contributed by atoms with Gasteiger partial charge in [0.25, 0.3) is 0 Å². The third-order valence-corrected chi connectivity index (χ3v) is 3.93. The number of carbonyl (C=O) groups is 2. The SMILES string of the molecule is O=C(O)C1CCCCCN1C(=O)CN1CCNCC1. The first-order valence-corrected chi connectivity index (χ1v) is 7.14. The van der Waals surface area contributed by atoms with E-state index in [9.17, 15) is 14.7 Å². The van der Waals surface area contributed by atoms with Crippen LogP contribution in [0, 0.1) is 0 Å². The van der Waals surface area contributed by atoms with E-state index in [2.05, 4.69) is 10.2 Å². The molecule has 1 amide bonds. The summed E-state index contributed by atoms with van der Waals surface area (Å²) in [5.74, 6) is -0.897. The Morgan fingerprint density at radius 3 is 2.53 bits per heavy atom. The van der Waals surface area contributed by atoms with Crippen LogP contribution in [0.4, 0.5) is 0 Å². The van der Waals surface area contributed by atoms with E-state index in [1.54, 1.807) is 4.90 Å². The highest BCUT2D eigenvalue weighted by Gasteiger charge is 2.31. The van der Waals surface area contributed by atoms with Gasteiger partial charge in [-0.2, -0.15) is 0 Å². The van der Waals surface area contributed by atoms with Crippen molar-refractivity contribution in [3.63, 3.8) is 0 Å². The van der Waals surface area contributed by atoms with Gasteiger partial charge in [0, 0.05) is 32.7 Å². The Hall–Kier alpha value is -1.14. The molecular weight excluding hydrogens is 246 g/mol. The van der Waals surface area contributed by atoms with Crippen LogP contribution < -0.4 is 5.32 Å². The first-order chi connectivity index (χ1) is 9.18. The van der Waals surface area contributed by atoms with Crippen LogP contribution in [-0.4, -0.2) is 72.1 Å². The molecule has 2 saturated heterocycles. The van der Waals surface area contributed by atoms with Gasteiger partial charge >= 0.3 is 5.97 Å². The molecule has 0 aromatic carbocycles. The molecule has 108 valence electrons. The lowest BCUT2D eigenvalue weighted by Gasteiger charge is -2.32. The molecule has 0 aromatic heterocycles. The number of hydrogen-bond acceptors (Lipinski definition) is 4. The van der Waals surface area contributed by atoms with Gasteiger partial charge in [-0.25, -0.2) is 4.79 Å². The highest BCUT2D eigenvalue weighted by molar-refractivity contribution is 5.84. The topological polar surface area (TPSA) is 72.9 Å². The molecule has 0 radical (unpaired) electrons. The summed E-state index contributed by atoms with van der Waals surface area (Å²) >= 11 is 0. The fourth-order valence-corrected chi connectivity index (χ4v) is 2.81. The van der Waals surface area contributed by atoms with Crippen LogP contribution in [0.1, 0.15) is 25.7 Å². The van der Waals surface area contributed by atoms with Crippen LogP contribution in [0.25, 0.3) is 0 Å². The first-order valence-electron chi connectivity index (χ1n) is 7.14. The second-order valence-corrected chi connectivity index (χ2v) is 5.32. The molecule has 0 aromatic rings. The number of rotatable bonds is 3. The molecule has 1 atom stereocenters. The minimum absolute atomic E-state index is 0.0313. The van der Waals surface area contributed by atoms with Crippen LogP contribution in [0.3, 0.4) is 0 Å². The van der Waals surface area contributed by atoms with E-state index in [0.717, 1.165) is 45.4 Å². The second kappa shape index (κ2) is 6.86. The number of hydrogen-bond donors (Lipinski definition) is 2. The molecular formula is C13H23N3O3. The third-order valence-electron chi connectivity index (χ3n) is 3.93. The van der Waals surface area contributed by atoms with Gasteiger partial charge < -0.3 is 15.3 Å². The van der Waals surface area contributed by atoms with Gasteiger partial charge in [-0.15, -0.1) is 0 Å². The summed E-state index contributed by atoms with van der Waals surface area (Å²) in [7, 11) is 0. The van der Waals surface area contributed by atoms with E-state index in [4.69, 9.17) is 0 Å². The molecule has 2 aliphatic rings. The zero-order valence-electron chi connectivity index (χ0n) is 11.3. The van der Waals surface area contributed by atoms with Gasteiger partial charge in [-0.05, 0) is 12.8 Å². The molecule has 6 nitrogen and oxygen atoms in total. The Balaban J connectivity index is 1.95. The Labute approximate surface area is 113 Å². The highest BCUT2D eigenvalue weighted by Crippen LogP contribution is 2.17. The summed E-state index contributed by atoms with van der Waals surface area (Å²) in [6, 6.07) is -0.627. The molecule has 19 heavy (non-hydrogen) atoms. The molecule has 2 rings (SSSR count). The van der Waals surface area contributed by atoms with Crippen LogP contribution >= 0.6 is 0 Å². The lowest BCUT2D eigenvalue weighted by molar-refractivity contribution is -0.150. The van der Waals surface area contributed by atoms with Crippen molar-refractivity contribution >= 4 is 11.9 Å². The number of nitrogens with one attached hydrogen (secondary N) is 1. The molecule has 0 saturated carbocycles. The predicted octanol–water partition coefficient (Wildman–Crippen LogP) is -0.253. The maximum absolute atomic E-state index is 12.3. The largest absolute Gasteiger partial charge is 0.480 e. The van der Waals surface area contributed by atoms with Crippen molar-refractivity contribution in [2.75, 3.05) is 39.3 Å². The lowest BCUT2D eigenvalue weighted by Crippen LogP contribution is -2.52. The number of piperazine rings is 1. The van der Waals surface area contributed by atoms with Crippen molar-refractivity contribution in [1.29, 1.82) is 0 Å². The van der Waals surface area contributed by atoms with Gasteiger partial charge in [-0.1, -0.05) is 12.8 Å². The standard InChI is InChI=1S/C13H23N3O3/c17-12(10-15-8-5-14-6-9-15)16-7-3-1-2-4-11(16)13(18)19/h11,14H,1-10H2,(H,18,19). The molecule has 2 aliphatic heterocycles. The number of carboxylic acids is 1. The Bertz CT molecular complexity index is 329. The van der Waals surface area contributed by atoms with Crippen molar-refractivity contribution in [1.82, 2.24) is 15.1 Å². The van der Waals surface area contributed by atoms with Gasteiger partial charge in [0.15, 0.2) is 0 Å². The Morgan fingerprint density at radius 2 is 1.84 bits per heavy atom. The van der Waals surface area contributed by atoms with Gasteiger partial charge in [0.2, 0.25) is 5.91 Å². The number of likely N-dealkylation sites (tertiary alicyclic amines) is 1. The number of carboxylic acid groups (broad SMARTS) is 1. The first kappa shape index (κ1) is 14.3. The van der Waals surface area contributed by atoms with E-state index >= 15 is 0 Å². The maximum Gasteiger partial charge on any atom is 0.326 e. The minimum atomic E-state index is -0.865. The average Bonchev–Trinajstić information content (AvgIpc) is 2.65. The molecule has 2 N–H and O–H groups in total. The number of nitrogens with zero attached hydrogens (tertiary/aromatic N) is 2. The molecule has 2 heterocycles. The van der Waals surface area contributed by atoms with Crippen molar-refractivity contribution in [3.8, 4) is 0 Å². The summed E-state index contributed by atoms with van der Waals surface area (Å²) in [5, 5.41) is 12.5. The fourth-order valence-electron chi connectivity index (χ4n) is 2.81. The molecule has 0 aliphatic carbocycles. The quantitative estimate of drug-likeness (QED) is 0.739. The van der Waals surface area contributed by atoms with Crippen molar-refractivity contribution < 1.29 is 14.7 Å². The van der Waals surface area contributed by atoms with E-state index in [1.165, 1.54) is 0 Å². The zero-order valence-corrected chi connectivity index (χ0v) is 11.3. The monoisotopic (exact) mass is 269 g/mol. The average molecular weight is 269 g/mol. The smallest absolute Gasteiger partial charge is 0.326 e. The minimum Gasteiger partial charge on any atom is -0.480 e. The van der Waals surface area contributed by atoms with E-state index in [-0.39, 0.29) is 5.91 Å². The summed E-state index contributed by atoms with van der Waals surface area (Å²) in [4.78, 5) is 27.3. The maximum atomic E-state index is 12.3. The highest BCUT2D eigenvalue weighted by atomic mass is 16.4. The van der Waals surface area contributed by atoms with Gasteiger partial charge in [-0.3, -0.25) is 9.69 Å². The van der Waals surface area contributed by atoms with Crippen molar-refractivity contribution in [2.24, 2.45) is 0 Å².